The van der Waals surface area contributed by atoms with E-state index in [0.29, 0.717) is 22.9 Å². The van der Waals surface area contributed by atoms with Crippen molar-refractivity contribution < 1.29 is 8.78 Å². The fourth-order valence-corrected chi connectivity index (χ4v) is 2.48. The molecule has 1 atom stereocenters. The van der Waals surface area contributed by atoms with Crippen molar-refractivity contribution in [3.63, 3.8) is 0 Å². The quantitative estimate of drug-likeness (QED) is 0.682. The Bertz CT molecular complexity index is 570. The topological polar surface area (TPSA) is 0 Å². The smallest absolute Gasteiger partial charge is 0.162 e. The van der Waals surface area contributed by atoms with Gasteiger partial charge < -0.3 is 0 Å². The van der Waals surface area contributed by atoms with E-state index in [0.717, 1.165) is 11.6 Å². The van der Waals surface area contributed by atoms with Gasteiger partial charge in [0.1, 0.15) is 0 Å². The first kappa shape index (κ1) is 14.3. The second kappa shape index (κ2) is 6.36. The van der Waals surface area contributed by atoms with Crippen molar-refractivity contribution in [2.75, 3.05) is 5.88 Å². The van der Waals surface area contributed by atoms with Crippen molar-refractivity contribution in [2.45, 2.75) is 12.3 Å². The Morgan fingerprint density at radius 2 is 1.79 bits per heavy atom. The summed E-state index contributed by atoms with van der Waals surface area (Å²) in [7, 11) is 0. The van der Waals surface area contributed by atoms with Crippen LogP contribution >= 0.6 is 23.2 Å². The maximum atomic E-state index is 13.6. The molecule has 2 rings (SSSR count). The molecule has 0 aromatic heterocycles. The Morgan fingerprint density at radius 3 is 2.47 bits per heavy atom. The van der Waals surface area contributed by atoms with Crippen LogP contribution in [0.25, 0.3) is 0 Å². The van der Waals surface area contributed by atoms with Gasteiger partial charge in [0.05, 0.1) is 0 Å². The molecule has 0 saturated carbocycles. The van der Waals surface area contributed by atoms with Gasteiger partial charge in [0.25, 0.3) is 0 Å². The Labute approximate surface area is 121 Å². The first-order valence-corrected chi connectivity index (χ1v) is 6.77. The fraction of sp³-hybridized carbons (Fsp3) is 0.200. The van der Waals surface area contributed by atoms with Crippen LogP contribution in [0.3, 0.4) is 0 Å². The molecular formula is C15H12Cl2F2. The first-order chi connectivity index (χ1) is 9.11. The predicted octanol–water partition coefficient (Wildman–Crippen LogP) is 5.18. The molecule has 0 amide bonds. The van der Waals surface area contributed by atoms with Crippen molar-refractivity contribution in [1.82, 2.24) is 0 Å². The van der Waals surface area contributed by atoms with Gasteiger partial charge in [0.2, 0.25) is 0 Å². The highest BCUT2D eigenvalue weighted by molar-refractivity contribution is 6.30. The molecule has 0 aliphatic heterocycles. The molecule has 19 heavy (non-hydrogen) atoms. The molecule has 4 heteroatoms. The van der Waals surface area contributed by atoms with Gasteiger partial charge in [-0.05, 0) is 35.7 Å². The molecule has 0 fully saturated rings. The summed E-state index contributed by atoms with van der Waals surface area (Å²) in [6.07, 6.45) is 0.341. The summed E-state index contributed by atoms with van der Waals surface area (Å²) in [5, 5.41) is 0.604. The van der Waals surface area contributed by atoms with Crippen LogP contribution in [0.2, 0.25) is 5.02 Å². The summed E-state index contributed by atoms with van der Waals surface area (Å²) in [4.78, 5) is 0. The summed E-state index contributed by atoms with van der Waals surface area (Å²) >= 11 is 11.9. The molecule has 1 unspecified atom stereocenters. The van der Waals surface area contributed by atoms with Crippen LogP contribution in [0.4, 0.5) is 8.78 Å². The van der Waals surface area contributed by atoms with Gasteiger partial charge >= 0.3 is 0 Å². The highest BCUT2D eigenvalue weighted by atomic mass is 35.5. The third-order valence-electron chi connectivity index (χ3n) is 3.00. The standard InChI is InChI=1S/C15H12Cl2F2/c16-9-12(10-3-1-5-13(17)8-10)7-11-4-2-6-14(18)15(11)19/h1-6,8,12H,7,9H2. The molecule has 0 spiro atoms. The van der Waals surface area contributed by atoms with Crippen LogP contribution in [0.15, 0.2) is 42.5 Å². The third-order valence-corrected chi connectivity index (χ3v) is 3.61. The minimum Gasteiger partial charge on any atom is -0.204 e. The van der Waals surface area contributed by atoms with E-state index in [9.17, 15) is 8.78 Å². The molecule has 2 aromatic carbocycles. The van der Waals surface area contributed by atoms with E-state index >= 15 is 0 Å². The van der Waals surface area contributed by atoms with Crippen molar-refractivity contribution >= 4 is 23.2 Å². The number of rotatable bonds is 4. The Morgan fingerprint density at radius 1 is 1.05 bits per heavy atom. The lowest BCUT2D eigenvalue weighted by atomic mass is 9.93. The number of hydrogen-bond donors (Lipinski definition) is 0. The minimum absolute atomic E-state index is 0.100. The zero-order chi connectivity index (χ0) is 13.8. The lowest BCUT2D eigenvalue weighted by Gasteiger charge is -2.15. The lowest BCUT2D eigenvalue weighted by molar-refractivity contribution is 0.495. The average molecular weight is 301 g/mol. The van der Waals surface area contributed by atoms with Crippen molar-refractivity contribution in [3.05, 3.63) is 70.2 Å². The zero-order valence-electron chi connectivity index (χ0n) is 10.0. The van der Waals surface area contributed by atoms with Gasteiger partial charge in [-0.25, -0.2) is 8.78 Å². The number of hydrogen-bond acceptors (Lipinski definition) is 0. The van der Waals surface area contributed by atoms with Crippen LogP contribution in [-0.2, 0) is 6.42 Å². The average Bonchev–Trinajstić information content (AvgIpc) is 2.40. The summed E-state index contributed by atoms with van der Waals surface area (Å²) in [6.45, 7) is 0. The van der Waals surface area contributed by atoms with Crippen LogP contribution in [-0.4, -0.2) is 5.88 Å². The molecular weight excluding hydrogens is 289 g/mol. The zero-order valence-corrected chi connectivity index (χ0v) is 11.6. The second-order valence-corrected chi connectivity index (χ2v) is 5.07. The highest BCUT2D eigenvalue weighted by Gasteiger charge is 2.16. The Hall–Kier alpha value is -1.12. The van der Waals surface area contributed by atoms with Crippen molar-refractivity contribution in [2.24, 2.45) is 0 Å². The van der Waals surface area contributed by atoms with E-state index in [4.69, 9.17) is 23.2 Å². The molecule has 0 aliphatic carbocycles. The van der Waals surface area contributed by atoms with Crippen LogP contribution in [0, 0.1) is 11.6 Å². The summed E-state index contributed by atoms with van der Waals surface area (Å²) in [5.41, 5.74) is 1.25. The van der Waals surface area contributed by atoms with E-state index in [1.165, 1.54) is 6.07 Å². The summed E-state index contributed by atoms with van der Waals surface area (Å²) in [5.74, 6) is -1.43. The largest absolute Gasteiger partial charge is 0.204 e. The van der Waals surface area contributed by atoms with Gasteiger partial charge in [0, 0.05) is 16.8 Å². The molecule has 2 aromatic rings. The van der Waals surface area contributed by atoms with E-state index < -0.39 is 11.6 Å². The van der Waals surface area contributed by atoms with Crippen LogP contribution in [0.1, 0.15) is 17.0 Å². The Balaban J connectivity index is 2.26. The SMILES string of the molecule is Fc1cccc(CC(CCl)c2cccc(Cl)c2)c1F. The van der Waals surface area contributed by atoms with Crippen LogP contribution < -0.4 is 0 Å². The Kier molecular flexibility index (Phi) is 4.78. The normalized spacial score (nSPS) is 12.4. The van der Waals surface area contributed by atoms with Gasteiger partial charge in [-0.2, -0.15) is 0 Å². The predicted molar refractivity (Wildman–Crippen MR) is 75.0 cm³/mol. The summed E-state index contributed by atoms with van der Waals surface area (Å²) in [6, 6.07) is 11.4. The fourth-order valence-electron chi connectivity index (χ4n) is 1.99. The third kappa shape index (κ3) is 3.46. The maximum Gasteiger partial charge on any atom is 0.162 e. The van der Waals surface area contributed by atoms with Crippen molar-refractivity contribution in [3.8, 4) is 0 Å². The number of halogens is 4. The van der Waals surface area contributed by atoms with Gasteiger partial charge in [-0.15, -0.1) is 11.6 Å². The molecule has 0 saturated heterocycles. The number of alkyl halides is 1. The molecule has 0 aliphatic rings. The highest BCUT2D eigenvalue weighted by Crippen LogP contribution is 2.26. The lowest BCUT2D eigenvalue weighted by Crippen LogP contribution is -2.07. The number of benzene rings is 2. The molecule has 100 valence electrons. The van der Waals surface area contributed by atoms with Gasteiger partial charge in [-0.1, -0.05) is 35.9 Å². The maximum absolute atomic E-state index is 13.6. The molecule has 0 radical (unpaired) electrons. The van der Waals surface area contributed by atoms with E-state index in [2.05, 4.69) is 0 Å². The van der Waals surface area contributed by atoms with E-state index in [-0.39, 0.29) is 5.92 Å². The van der Waals surface area contributed by atoms with E-state index in [1.54, 1.807) is 18.2 Å². The molecule has 0 N–H and O–H groups in total. The first-order valence-electron chi connectivity index (χ1n) is 5.86. The van der Waals surface area contributed by atoms with Crippen molar-refractivity contribution in [1.29, 1.82) is 0 Å². The van der Waals surface area contributed by atoms with Crippen LogP contribution in [0.5, 0.6) is 0 Å². The van der Waals surface area contributed by atoms with E-state index in [1.807, 2.05) is 12.1 Å². The monoisotopic (exact) mass is 300 g/mol. The van der Waals surface area contributed by atoms with Gasteiger partial charge in [-0.3, -0.25) is 0 Å². The second-order valence-electron chi connectivity index (χ2n) is 4.32. The molecule has 0 nitrogen and oxygen atoms in total. The minimum atomic E-state index is -0.836. The molecule has 0 bridgehead atoms. The molecule has 0 heterocycles. The summed E-state index contributed by atoms with van der Waals surface area (Å²) < 4.78 is 26.8. The van der Waals surface area contributed by atoms with Gasteiger partial charge in [0.15, 0.2) is 11.6 Å².